The lowest BCUT2D eigenvalue weighted by atomic mass is 9.98. The number of aromatic nitrogens is 3. The normalized spacial score (nSPS) is 11.6. The number of halogens is 2. The molecule has 0 aliphatic heterocycles. The van der Waals surface area contributed by atoms with Crippen LogP contribution in [0.2, 0.25) is 0 Å². The zero-order chi connectivity index (χ0) is 20.3. The highest BCUT2D eigenvalue weighted by Gasteiger charge is 2.31. The van der Waals surface area contributed by atoms with Gasteiger partial charge in [0.15, 0.2) is 0 Å². The molecule has 28 heavy (non-hydrogen) atoms. The first-order chi connectivity index (χ1) is 13.3. The minimum atomic E-state index is -3.09. The first-order valence-electron chi connectivity index (χ1n) is 9.03. The maximum atomic E-state index is 13.6. The van der Waals surface area contributed by atoms with Gasteiger partial charge in [-0.05, 0) is 29.2 Å². The van der Waals surface area contributed by atoms with Crippen molar-refractivity contribution in [2.24, 2.45) is 0 Å². The quantitative estimate of drug-likeness (QED) is 0.637. The van der Waals surface area contributed by atoms with E-state index in [0.29, 0.717) is 24.4 Å². The number of aromatic carboxylic acids is 1. The Kier molecular flexibility index (Phi) is 5.53. The van der Waals surface area contributed by atoms with E-state index in [0.717, 1.165) is 24.5 Å². The van der Waals surface area contributed by atoms with E-state index in [-0.39, 0.29) is 5.56 Å². The number of hydrogen-bond acceptors (Lipinski definition) is 3. The summed E-state index contributed by atoms with van der Waals surface area (Å²) in [5, 5.41) is 13.3. The SMILES string of the molecule is CCCn1nc(C(C)(F)F)nc1Cc1ccc(-c2ccccc2C(=O)O)cc1. The molecule has 0 atom stereocenters. The maximum absolute atomic E-state index is 13.6. The Balaban J connectivity index is 1.88. The van der Waals surface area contributed by atoms with Gasteiger partial charge in [0.2, 0.25) is 5.82 Å². The molecule has 5 nitrogen and oxygen atoms in total. The van der Waals surface area contributed by atoms with Crippen LogP contribution in [0.1, 0.15) is 47.8 Å². The summed E-state index contributed by atoms with van der Waals surface area (Å²) in [7, 11) is 0. The van der Waals surface area contributed by atoms with E-state index in [1.165, 1.54) is 4.68 Å². The van der Waals surface area contributed by atoms with Crippen molar-refractivity contribution in [3.63, 3.8) is 0 Å². The Bertz CT molecular complexity index is 976. The van der Waals surface area contributed by atoms with Gasteiger partial charge in [0.1, 0.15) is 5.82 Å². The van der Waals surface area contributed by atoms with Crippen molar-refractivity contribution in [2.75, 3.05) is 0 Å². The minimum absolute atomic E-state index is 0.229. The molecule has 0 saturated heterocycles. The second-order valence-electron chi connectivity index (χ2n) is 6.69. The summed E-state index contributed by atoms with van der Waals surface area (Å²) in [6.45, 7) is 3.25. The molecule has 1 heterocycles. The van der Waals surface area contributed by atoms with Gasteiger partial charge in [0.25, 0.3) is 0 Å². The molecule has 1 aromatic heterocycles. The Morgan fingerprint density at radius 1 is 1.14 bits per heavy atom. The van der Waals surface area contributed by atoms with Crippen LogP contribution in [-0.4, -0.2) is 25.8 Å². The number of alkyl halides is 2. The molecule has 1 N–H and O–H groups in total. The average molecular weight is 385 g/mol. The summed E-state index contributed by atoms with van der Waals surface area (Å²) in [4.78, 5) is 15.4. The number of carboxylic acids is 1. The number of benzene rings is 2. The molecule has 2 aromatic carbocycles. The predicted octanol–water partition coefficient (Wildman–Crippen LogP) is 4.76. The molecule has 0 amide bonds. The number of aryl methyl sites for hydroxylation is 1. The van der Waals surface area contributed by atoms with Crippen molar-refractivity contribution in [1.29, 1.82) is 0 Å². The van der Waals surface area contributed by atoms with Crippen molar-refractivity contribution in [2.45, 2.75) is 39.2 Å². The maximum Gasteiger partial charge on any atom is 0.336 e. The Morgan fingerprint density at radius 2 is 1.82 bits per heavy atom. The average Bonchev–Trinajstić information content (AvgIpc) is 3.06. The highest BCUT2D eigenvalue weighted by molar-refractivity contribution is 5.95. The topological polar surface area (TPSA) is 68.0 Å². The number of rotatable bonds is 7. The van der Waals surface area contributed by atoms with Crippen molar-refractivity contribution in [1.82, 2.24) is 14.8 Å². The molecular formula is C21H21F2N3O2. The second-order valence-corrected chi connectivity index (χ2v) is 6.69. The lowest BCUT2D eigenvalue weighted by molar-refractivity contribution is 0.00750. The monoisotopic (exact) mass is 385 g/mol. The first kappa shape index (κ1) is 19.7. The molecule has 3 rings (SSSR count). The van der Waals surface area contributed by atoms with Crippen LogP contribution < -0.4 is 0 Å². The standard InChI is InChI=1S/C21H21F2N3O2/c1-3-12-26-18(24-20(25-26)21(2,22)23)13-14-8-10-15(11-9-14)16-6-4-5-7-17(16)19(27)28/h4-11H,3,12-13H2,1-2H3,(H,27,28). The Hall–Kier alpha value is -3.09. The number of carboxylic acid groups (broad SMARTS) is 1. The largest absolute Gasteiger partial charge is 0.478 e. The number of nitrogens with zero attached hydrogens (tertiary/aromatic N) is 3. The third kappa shape index (κ3) is 4.24. The van der Waals surface area contributed by atoms with Crippen LogP contribution in [0, 0.1) is 0 Å². The molecular weight excluding hydrogens is 364 g/mol. The summed E-state index contributed by atoms with van der Waals surface area (Å²) in [6.07, 6.45) is 1.12. The van der Waals surface area contributed by atoms with Crippen molar-refractivity contribution in [3.05, 3.63) is 71.3 Å². The third-order valence-corrected chi connectivity index (χ3v) is 4.36. The van der Waals surface area contributed by atoms with Gasteiger partial charge < -0.3 is 5.11 Å². The molecule has 7 heteroatoms. The van der Waals surface area contributed by atoms with Crippen LogP contribution in [-0.2, 0) is 18.9 Å². The molecule has 0 fully saturated rings. The highest BCUT2D eigenvalue weighted by atomic mass is 19.3. The first-order valence-corrected chi connectivity index (χ1v) is 9.03. The molecule has 0 spiro atoms. The van der Waals surface area contributed by atoms with Gasteiger partial charge in [-0.1, -0.05) is 49.4 Å². The summed E-state index contributed by atoms with van der Waals surface area (Å²) >= 11 is 0. The summed E-state index contributed by atoms with van der Waals surface area (Å²) in [6, 6.07) is 14.1. The fourth-order valence-corrected chi connectivity index (χ4v) is 2.99. The van der Waals surface area contributed by atoms with E-state index < -0.39 is 17.7 Å². The van der Waals surface area contributed by atoms with Crippen molar-refractivity contribution in [3.8, 4) is 11.1 Å². The van der Waals surface area contributed by atoms with E-state index in [9.17, 15) is 18.7 Å². The van der Waals surface area contributed by atoms with Crippen LogP contribution in [0.25, 0.3) is 11.1 Å². The number of hydrogen-bond donors (Lipinski definition) is 1. The van der Waals surface area contributed by atoms with Gasteiger partial charge in [-0.15, -0.1) is 5.10 Å². The lowest BCUT2D eigenvalue weighted by Gasteiger charge is -2.08. The van der Waals surface area contributed by atoms with E-state index in [1.54, 1.807) is 24.3 Å². The van der Waals surface area contributed by atoms with Crippen LogP contribution in [0.5, 0.6) is 0 Å². The van der Waals surface area contributed by atoms with E-state index >= 15 is 0 Å². The Labute approximate surface area is 161 Å². The van der Waals surface area contributed by atoms with Crippen LogP contribution in [0.15, 0.2) is 48.5 Å². The molecule has 0 aliphatic carbocycles. The van der Waals surface area contributed by atoms with Gasteiger partial charge in [-0.2, -0.15) is 8.78 Å². The zero-order valence-corrected chi connectivity index (χ0v) is 15.7. The fourth-order valence-electron chi connectivity index (χ4n) is 2.99. The van der Waals surface area contributed by atoms with Gasteiger partial charge in [0.05, 0.1) is 5.56 Å². The van der Waals surface area contributed by atoms with Gasteiger partial charge in [-0.3, -0.25) is 0 Å². The summed E-state index contributed by atoms with van der Waals surface area (Å²) in [5.74, 6) is -4.06. The van der Waals surface area contributed by atoms with Crippen LogP contribution >= 0.6 is 0 Å². The molecule has 0 unspecified atom stereocenters. The van der Waals surface area contributed by atoms with Gasteiger partial charge in [0, 0.05) is 19.9 Å². The zero-order valence-electron chi connectivity index (χ0n) is 15.7. The highest BCUT2D eigenvalue weighted by Crippen LogP contribution is 2.26. The van der Waals surface area contributed by atoms with Crippen LogP contribution in [0.4, 0.5) is 8.78 Å². The number of carbonyl (C=O) groups is 1. The summed E-state index contributed by atoms with van der Waals surface area (Å²) < 4.78 is 28.7. The molecule has 3 aromatic rings. The van der Waals surface area contributed by atoms with Gasteiger partial charge >= 0.3 is 11.9 Å². The minimum Gasteiger partial charge on any atom is -0.478 e. The molecule has 0 bridgehead atoms. The predicted molar refractivity (Wildman–Crippen MR) is 102 cm³/mol. The third-order valence-electron chi connectivity index (χ3n) is 4.36. The van der Waals surface area contributed by atoms with Crippen molar-refractivity contribution >= 4 is 5.97 Å². The van der Waals surface area contributed by atoms with E-state index in [4.69, 9.17) is 0 Å². The van der Waals surface area contributed by atoms with E-state index in [1.807, 2.05) is 31.2 Å². The molecule has 0 saturated carbocycles. The second kappa shape index (κ2) is 7.88. The smallest absolute Gasteiger partial charge is 0.336 e. The lowest BCUT2D eigenvalue weighted by Crippen LogP contribution is -2.10. The van der Waals surface area contributed by atoms with Gasteiger partial charge in [-0.25, -0.2) is 14.5 Å². The van der Waals surface area contributed by atoms with Crippen molar-refractivity contribution < 1.29 is 18.7 Å². The van der Waals surface area contributed by atoms with E-state index in [2.05, 4.69) is 10.1 Å². The molecule has 0 aliphatic rings. The molecule has 0 radical (unpaired) electrons. The van der Waals surface area contributed by atoms with Crippen LogP contribution in [0.3, 0.4) is 0 Å². The molecule has 146 valence electrons. The Morgan fingerprint density at radius 3 is 2.43 bits per heavy atom. The summed E-state index contributed by atoms with van der Waals surface area (Å²) in [5.41, 5.74) is 2.52. The fraction of sp³-hybridized carbons (Fsp3) is 0.286.